The lowest BCUT2D eigenvalue weighted by Crippen LogP contribution is -2.30. The highest BCUT2D eigenvalue weighted by molar-refractivity contribution is 5.71. The second-order valence-corrected chi connectivity index (χ2v) is 20.3. The molecule has 390 valence electrons. The number of ether oxygens (including phenoxy) is 3. The zero-order valence-corrected chi connectivity index (χ0v) is 44.7. The molecule has 1 atom stereocenters. The van der Waals surface area contributed by atoms with Crippen LogP contribution < -0.4 is 0 Å². The summed E-state index contributed by atoms with van der Waals surface area (Å²) in [5, 5.41) is 0. The molecule has 0 aliphatic carbocycles. The summed E-state index contributed by atoms with van der Waals surface area (Å²) >= 11 is 0. The summed E-state index contributed by atoms with van der Waals surface area (Å²) in [6, 6.07) is 0. The molecule has 0 rings (SSSR count). The monoisotopic (exact) mass is 931 g/mol. The van der Waals surface area contributed by atoms with Crippen LogP contribution in [0.25, 0.3) is 0 Å². The Morgan fingerprint density at radius 2 is 0.515 bits per heavy atom. The third-order valence-electron chi connectivity index (χ3n) is 13.5. The molecule has 0 saturated heterocycles. The van der Waals surface area contributed by atoms with Gasteiger partial charge in [0.15, 0.2) is 6.10 Å². The van der Waals surface area contributed by atoms with Crippen molar-refractivity contribution in [2.45, 2.75) is 341 Å². The third kappa shape index (κ3) is 53.1. The summed E-state index contributed by atoms with van der Waals surface area (Å²) in [6.45, 7) is 6.64. The van der Waals surface area contributed by atoms with Gasteiger partial charge in [0.05, 0.1) is 0 Å². The summed E-state index contributed by atoms with van der Waals surface area (Å²) in [5.74, 6) is -0.855. The smallest absolute Gasteiger partial charge is 0.306 e. The number of hydrogen-bond donors (Lipinski definition) is 0. The van der Waals surface area contributed by atoms with Gasteiger partial charge < -0.3 is 14.2 Å². The Labute approximate surface area is 411 Å². The van der Waals surface area contributed by atoms with Gasteiger partial charge in [-0.15, -0.1) is 0 Å². The maximum atomic E-state index is 12.8. The summed E-state index contributed by atoms with van der Waals surface area (Å²) in [6.07, 6.45) is 63.7. The van der Waals surface area contributed by atoms with Crippen molar-refractivity contribution in [1.29, 1.82) is 0 Å². The quantitative estimate of drug-likeness (QED) is 0.0262. The van der Waals surface area contributed by atoms with E-state index >= 15 is 0 Å². The van der Waals surface area contributed by atoms with E-state index in [1.165, 1.54) is 231 Å². The summed E-state index contributed by atoms with van der Waals surface area (Å²) < 4.78 is 16.8. The van der Waals surface area contributed by atoms with Crippen LogP contribution >= 0.6 is 0 Å². The van der Waals surface area contributed by atoms with Crippen molar-refractivity contribution in [3.05, 3.63) is 12.2 Å². The van der Waals surface area contributed by atoms with Crippen LogP contribution in [0.1, 0.15) is 335 Å². The predicted octanol–water partition coefficient (Wildman–Crippen LogP) is 19.7. The number of unbranched alkanes of at least 4 members (excludes halogenated alkanes) is 42. The molecule has 0 aliphatic heterocycles. The molecule has 6 nitrogen and oxygen atoms in total. The molecule has 0 bridgehead atoms. The average Bonchev–Trinajstić information content (AvgIpc) is 3.31. The summed E-state index contributed by atoms with van der Waals surface area (Å²) in [5.41, 5.74) is 0. The van der Waals surface area contributed by atoms with E-state index < -0.39 is 6.10 Å². The van der Waals surface area contributed by atoms with Crippen LogP contribution in [0, 0.1) is 0 Å². The van der Waals surface area contributed by atoms with Crippen LogP contribution in [-0.2, 0) is 28.6 Å². The van der Waals surface area contributed by atoms with E-state index in [-0.39, 0.29) is 31.1 Å². The van der Waals surface area contributed by atoms with Crippen LogP contribution in [0.4, 0.5) is 0 Å². The van der Waals surface area contributed by atoms with Gasteiger partial charge in [-0.1, -0.05) is 290 Å². The number of esters is 3. The molecule has 0 saturated carbocycles. The second kappa shape index (κ2) is 55.7. The van der Waals surface area contributed by atoms with E-state index in [9.17, 15) is 14.4 Å². The topological polar surface area (TPSA) is 78.9 Å². The fourth-order valence-electron chi connectivity index (χ4n) is 9.02. The number of carbonyl (C=O) groups excluding carboxylic acids is 3. The van der Waals surface area contributed by atoms with Crippen molar-refractivity contribution >= 4 is 17.9 Å². The number of rotatable bonds is 55. The van der Waals surface area contributed by atoms with Crippen molar-refractivity contribution in [3.8, 4) is 0 Å². The Morgan fingerprint density at radius 3 is 0.803 bits per heavy atom. The largest absolute Gasteiger partial charge is 0.462 e. The predicted molar refractivity (Wildman–Crippen MR) is 284 cm³/mol. The molecule has 0 spiro atoms. The standard InChI is InChI=1S/C60H114O6/c1-4-7-10-13-16-19-22-24-25-26-27-28-29-30-31-32-33-34-35-36-39-41-44-47-50-53-59(62)65-56-57(55-64-58(61)52-49-46-43-40-37-21-18-15-12-9-6-3)66-60(63)54-51-48-45-42-38-23-20-17-14-11-8-5-2/h15,18,57H,4-14,16-17,19-56H2,1-3H3/b18-15-. The maximum Gasteiger partial charge on any atom is 0.306 e. The van der Waals surface area contributed by atoms with Crippen LogP contribution in [-0.4, -0.2) is 37.2 Å². The Balaban J connectivity index is 4.12. The first kappa shape index (κ1) is 64.2. The summed E-state index contributed by atoms with van der Waals surface area (Å²) in [4.78, 5) is 38.0. The Hall–Kier alpha value is -1.85. The van der Waals surface area contributed by atoms with Gasteiger partial charge in [0.25, 0.3) is 0 Å². The van der Waals surface area contributed by atoms with Crippen LogP contribution in [0.5, 0.6) is 0 Å². The molecule has 0 N–H and O–H groups in total. The van der Waals surface area contributed by atoms with Crippen molar-refractivity contribution in [3.63, 3.8) is 0 Å². The van der Waals surface area contributed by atoms with Crippen molar-refractivity contribution in [2.24, 2.45) is 0 Å². The molecule has 0 radical (unpaired) electrons. The van der Waals surface area contributed by atoms with Gasteiger partial charge in [0.2, 0.25) is 0 Å². The number of hydrogen-bond acceptors (Lipinski definition) is 6. The molecule has 66 heavy (non-hydrogen) atoms. The fraction of sp³-hybridized carbons (Fsp3) is 0.917. The van der Waals surface area contributed by atoms with Crippen LogP contribution in [0.3, 0.4) is 0 Å². The zero-order valence-electron chi connectivity index (χ0n) is 44.7. The van der Waals surface area contributed by atoms with Crippen molar-refractivity contribution < 1.29 is 28.6 Å². The first-order chi connectivity index (χ1) is 32.5. The molecule has 0 aliphatic rings. The number of allylic oxidation sites excluding steroid dienone is 2. The van der Waals surface area contributed by atoms with E-state index in [1.807, 2.05) is 0 Å². The molecule has 0 aromatic heterocycles. The van der Waals surface area contributed by atoms with Gasteiger partial charge in [-0.25, -0.2) is 0 Å². The van der Waals surface area contributed by atoms with E-state index in [2.05, 4.69) is 32.9 Å². The summed E-state index contributed by atoms with van der Waals surface area (Å²) in [7, 11) is 0. The molecule has 6 heteroatoms. The van der Waals surface area contributed by atoms with Crippen LogP contribution in [0.15, 0.2) is 12.2 Å². The SMILES string of the molecule is CCCC/C=C\CCCCCCCC(=O)OCC(COC(=O)CCCCCCCCCCCCCCCCCCCCCCCCCCC)OC(=O)CCCCCCCCCCCCCC. The van der Waals surface area contributed by atoms with E-state index in [4.69, 9.17) is 14.2 Å². The van der Waals surface area contributed by atoms with Gasteiger partial charge in [-0.2, -0.15) is 0 Å². The highest BCUT2D eigenvalue weighted by Crippen LogP contribution is 2.18. The van der Waals surface area contributed by atoms with E-state index in [1.54, 1.807) is 0 Å². The lowest BCUT2D eigenvalue weighted by molar-refractivity contribution is -0.167. The van der Waals surface area contributed by atoms with Crippen LogP contribution in [0.2, 0.25) is 0 Å². The number of carbonyl (C=O) groups is 3. The minimum absolute atomic E-state index is 0.0668. The second-order valence-electron chi connectivity index (χ2n) is 20.3. The molecular formula is C60H114O6. The zero-order chi connectivity index (χ0) is 47.9. The average molecular weight is 932 g/mol. The molecule has 0 amide bonds. The molecular weight excluding hydrogens is 817 g/mol. The first-order valence-corrected chi connectivity index (χ1v) is 29.7. The third-order valence-corrected chi connectivity index (χ3v) is 13.5. The first-order valence-electron chi connectivity index (χ1n) is 29.7. The van der Waals surface area contributed by atoms with Gasteiger partial charge >= 0.3 is 17.9 Å². The van der Waals surface area contributed by atoms with Gasteiger partial charge in [0.1, 0.15) is 13.2 Å². The van der Waals surface area contributed by atoms with Gasteiger partial charge in [-0.3, -0.25) is 14.4 Å². The maximum absolute atomic E-state index is 12.8. The van der Waals surface area contributed by atoms with Gasteiger partial charge in [0, 0.05) is 19.3 Å². The molecule has 0 fully saturated rings. The molecule has 0 aromatic rings. The highest BCUT2D eigenvalue weighted by atomic mass is 16.6. The molecule has 0 aromatic carbocycles. The van der Waals surface area contributed by atoms with Crippen molar-refractivity contribution in [1.82, 2.24) is 0 Å². The lowest BCUT2D eigenvalue weighted by Gasteiger charge is -2.18. The lowest BCUT2D eigenvalue weighted by atomic mass is 10.0. The Kier molecular flexibility index (Phi) is 54.2. The highest BCUT2D eigenvalue weighted by Gasteiger charge is 2.19. The minimum atomic E-state index is -0.767. The van der Waals surface area contributed by atoms with Gasteiger partial charge in [-0.05, 0) is 38.5 Å². The minimum Gasteiger partial charge on any atom is -0.462 e. The van der Waals surface area contributed by atoms with E-state index in [0.29, 0.717) is 19.3 Å². The Morgan fingerprint density at radius 1 is 0.288 bits per heavy atom. The normalized spacial score (nSPS) is 12.0. The van der Waals surface area contributed by atoms with Crippen molar-refractivity contribution in [2.75, 3.05) is 13.2 Å². The molecule has 1 unspecified atom stereocenters. The fourth-order valence-corrected chi connectivity index (χ4v) is 9.02. The molecule has 0 heterocycles. The Bertz CT molecular complexity index is 1020. The van der Waals surface area contributed by atoms with E-state index in [0.717, 1.165) is 64.2 Å².